The summed E-state index contributed by atoms with van der Waals surface area (Å²) in [5.41, 5.74) is 0.325. The zero-order valence-corrected chi connectivity index (χ0v) is 9.19. The average molecular weight is 239 g/mol. The smallest absolute Gasteiger partial charge is 0.362 e. The fourth-order valence-corrected chi connectivity index (χ4v) is 1.64. The van der Waals surface area contributed by atoms with Crippen LogP contribution in [0.1, 0.15) is 13.2 Å². The number of rotatable bonds is 3. The number of carbonyl (C=O) groups is 1. The predicted octanol–water partition coefficient (Wildman–Crippen LogP) is 2.81. The van der Waals surface area contributed by atoms with E-state index >= 15 is 0 Å². The quantitative estimate of drug-likeness (QED) is 0.771. The summed E-state index contributed by atoms with van der Waals surface area (Å²) < 4.78 is 32.5. The zero-order valence-electron chi connectivity index (χ0n) is 9.19. The second-order valence-corrected chi connectivity index (χ2v) is 3.51. The third-order valence-electron chi connectivity index (χ3n) is 2.41. The molecule has 17 heavy (non-hydrogen) atoms. The van der Waals surface area contributed by atoms with Crippen LogP contribution in [0, 0.1) is 5.82 Å². The second kappa shape index (κ2) is 4.53. The minimum absolute atomic E-state index is 0.104. The Morgan fingerprint density at radius 2 is 2.24 bits per heavy atom. The van der Waals surface area contributed by atoms with Crippen molar-refractivity contribution in [2.24, 2.45) is 0 Å². The van der Waals surface area contributed by atoms with Gasteiger partial charge < -0.3 is 9.30 Å². The number of alkyl halides is 1. The van der Waals surface area contributed by atoms with Crippen molar-refractivity contribution < 1.29 is 18.3 Å². The van der Waals surface area contributed by atoms with E-state index in [9.17, 15) is 13.6 Å². The topological polar surface area (TPSA) is 31.2 Å². The first-order valence-corrected chi connectivity index (χ1v) is 5.20. The summed E-state index contributed by atoms with van der Waals surface area (Å²) in [6, 6.07) is 5.60. The second-order valence-electron chi connectivity index (χ2n) is 3.51. The molecule has 0 fully saturated rings. The molecule has 90 valence electrons. The molecule has 2 aromatic rings. The molecule has 0 aliphatic rings. The van der Waals surface area contributed by atoms with Crippen molar-refractivity contribution in [1.29, 1.82) is 0 Å². The van der Waals surface area contributed by atoms with Crippen LogP contribution in [0.25, 0.3) is 10.9 Å². The Morgan fingerprint density at radius 3 is 2.94 bits per heavy atom. The maximum Gasteiger partial charge on any atom is 0.362 e. The summed E-state index contributed by atoms with van der Waals surface area (Å²) in [5, 5.41) is 0.665. The van der Waals surface area contributed by atoms with Gasteiger partial charge in [-0.1, -0.05) is 0 Å². The van der Waals surface area contributed by atoms with Crippen LogP contribution in [0.2, 0.25) is 0 Å². The Hall–Kier alpha value is -1.91. The summed E-state index contributed by atoms with van der Waals surface area (Å²) >= 11 is 0. The van der Waals surface area contributed by atoms with Crippen LogP contribution in [-0.2, 0) is 9.53 Å². The molecular weight excluding hydrogens is 228 g/mol. The minimum Gasteiger partial charge on any atom is -0.462 e. The Kier molecular flexibility index (Phi) is 3.08. The lowest BCUT2D eigenvalue weighted by atomic mass is 10.2. The molecule has 0 bridgehead atoms. The summed E-state index contributed by atoms with van der Waals surface area (Å²) in [4.78, 5) is 11.3. The predicted molar refractivity (Wildman–Crippen MR) is 58.7 cm³/mol. The van der Waals surface area contributed by atoms with E-state index in [1.807, 2.05) is 0 Å². The molecule has 5 heteroatoms. The van der Waals surface area contributed by atoms with Gasteiger partial charge >= 0.3 is 5.97 Å². The van der Waals surface area contributed by atoms with Gasteiger partial charge in [0.2, 0.25) is 0 Å². The van der Waals surface area contributed by atoms with Crippen molar-refractivity contribution in [3.8, 4) is 0 Å². The maximum absolute atomic E-state index is 13.8. The van der Waals surface area contributed by atoms with Crippen molar-refractivity contribution in [1.82, 2.24) is 4.57 Å². The highest BCUT2D eigenvalue weighted by atomic mass is 19.1. The molecule has 0 spiro atoms. The largest absolute Gasteiger partial charge is 0.462 e. The van der Waals surface area contributed by atoms with Crippen LogP contribution in [0.5, 0.6) is 0 Å². The summed E-state index contributed by atoms with van der Waals surface area (Å²) in [6.07, 6.45) is -0.555. The molecule has 2 rings (SSSR count). The highest BCUT2D eigenvalue weighted by molar-refractivity contribution is 5.83. The van der Waals surface area contributed by atoms with Gasteiger partial charge in [-0.2, -0.15) is 0 Å². The van der Waals surface area contributed by atoms with Gasteiger partial charge in [-0.3, -0.25) is 0 Å². The van der Waals surface area contributed by atoms with Gasteiger partial charge in [0.1, 0.15) is 5.82 Å². The fourth-order valence-electron chi connectivity index (χ4n) is 1.64. The number of nitrogens with zero attached hydrogens (tertiary/aromatic N) is 1. The molecule has 0 amide bonds. The van der Waals surface area contributed by atoms with Crippen molar-refractivity contribution in [3.63, 3.8) is 0 Å². The molecule has 0 aliphatic heterocycles. The van der Waals surface area contributed by atoms with Crippen molar-refractivity contribution in [3.05, 3.63) is 36.3 Å². The van der Waals surface area contributed by atoms with Crippen LogP contribution in [0.4, 0.5) is 8.78 Å². The summed E-state index contributed by atoms with van der Waals surface area (Å²) in [5.74, 6) is -1.46. The first-order valence-electron chi connectivity index (χ1n) is 5.20. The highest BCUT2D eigenvalue weighted by Gasteiger charge is 2.21. The third-order valence-corrected chi connectivity index (χ3v) is 2.41. The number of carbonyl (C=O) groups excluding carboxylic acids is 1. The third kappa shape index (κ3) is 2.13. The highest BCUT2D eigenvalue weighted by Crippen LogP contribution is 2.22. The van der Waals surface area contributed by atoms with Crippen LogP contribution in [0.15, 0.2) is 30.5 Å². The molecule has 1 heterocycles. The van der Waals surface area contributed by atoms with E-state index < -0.39 is 18.1 Å². The lowest BCUT2D eigenvalue weighted by Gasteiger charge is -2.10. The first-order chi connectivity index (χ1) is 8.13. The minimum atomic E-state index is -1.95. The number of aromatic nitrogens is 1. The van der Waals surface area contributed by atoms with E-state index in [4.69, 9.17) is 0 Å². The molecule has 0 saturated carbocycles. The number of fused-ring (bicyclic) bond motifs is 1. The Bertz CT molecular complexity index is 550. The number of hydrogen-bond acceptors (Lipinski definition) is 2. The Balaban J connectivity index is 2.41. The number of benzene rings is 1. The van der Waals surface area contributed by atoms with E-state index in [-0.39, 0.29) is 6.61 Å². The van der Waals surface area contributed by atoms with Crippen LogP contribution >= 0.6 is 0 Å². The molecule has 0 saturated heterocycles. The molecule has 0 N–H and O–H groups in total. The number of esters is 1. The molecule has 0 aliphatic carbocycles. The van der Waals surface area contributed by atoms with Crippen molar-refractivity contribution >= 4 is 16.9 Å². The van der Waals surface area contributed by atoms with Gasteiger partial charge in [0.15, 0.2) is 0 Å². The van der Waals surface area contributed by atoms with Gasteiger partial charge in [-0.15, -0.1) is 0 Å². The van der Waals surface area contributed by atoms with E-state index in [1.54, 1.807) is 13.0 Å². The number of halogens is 2. The summed E-state index contributed by atoms with van der Waals surface area (Å²) in [7, 11) is 0. The van der Waals surface area contributed by atoms with Gasteiger partial charge in [0.25, 0.3) is 6.30 Å². The molecule has 1 aromatic carbocycles. The van der Waals surface area contributed by atoms with Crippen LogP contribution in [0.3, 0.4) is 0 Å². The average Bonchev–Trinajstić information content (AvgIpc) is 2.71. The van der Waals surface area contributed by atoms with Gasteiger partial charge in [-0.05, 0) is 36.6 Å². The van der Waals surface area contributed by atoms with E-state index in [2.05, 4.69) is 4.74 Å². The van der Waals surface area contributed by atoms with Crippen LogP contribution in [-0.4, -0.2) is 17.1 Å². The Labute approximate surface area is 96.6 Å². The normalized spacial score (nSPS) is 12.6. The van der Waals surface area contributed by atoms with E-state index in [0.29, 0.717) is 10.9 Å². The SMILES string of the molecule is CCOC(=O)C(F)n1ccc2ccc(F)cc21. The molecule has 1 unspecified atom stereocenters. The van der Waals surface area contributed by atoms with Crippen molar-refractivity contribution in [2.75, 3.05) is 6.61 Å². The van der Waals surface area contributed by atoms with Crippen LogP contribution < -0.4 is 0 Å². The molecule has 0 radical (unpaired) electrons. The molecule has 1 atom stereocenters. The maximum atomic E-state index is 13.8. The van der Waals surface area contributed by atoms with Crippen molar-refractivity contribution in [2.45, 2.75) is 13.2 Å². The lowest BCUT2D eigenvalue weighted by Crippen LogP contribution is -2.17. The van der Waals surface area contributed by atoms with Gasteiger partial charge in [-0.25, -0.2) is 13.6 Å². The molecular formula is C12H11F2NO2. The Morgan fingerprint density at radius 1 is 1.47 bits per heavy atom. The zero-order chi connectivity index (χ0) is 12.4. The number of ether oxygens (including phenoxy) is 1. The molecule has 3 nitrogen and oxygen atoms in total. The first kappa shape index (κ1) is 11.6. The van der Waals surface area contributed by atoms with E-state index in [1.165, 1.54) is 24.4 Å². The standard InChI is InChI=1S/C12H11F2NO2/c1-2-17-12(16)11(14)15-6-5-8-3-4-9(13)7-10(8)15/h3-7,11H,2H2,1H3. The van der Waals surface area contributed by atoms with Gasteiger partial charge in [0.05, 0.1) is 12.1 Å². The fraction of sp³-hybridized carbons (Fsp3) is 0.250. The lowest BCUT2D eigenvalue weighted by molar-refractivity contribution is -0.152. The monoisotopic (exact) mass is 239 g/mol. The number of hydrogen-bond donors (Lipinski definition) is 0. The molecule has 1 aromatic heterocycles. The van der Waals surface area contributed by atoms with Gasteiger partial charge in [0, 0.05) is 6.20 Å². The summed E-state index contributed by atoms with van der Waals surface area (Å²) in [6.45, 7) is 1.70. The van der Waals surface area contributed by atoms with E-state index in [0.717, 1.165) is 4.57 Å².